The molecule has 2 aromatic heterocycles. The number of hydrogen-bond acceptors (Lipinski definition) is 3. The Bertz CT molecular complexity index is 853. The topological polar surface area (TPSA) is 58.4 Å². The summed E-state index contributed by atoms with van der Waals surface area (Å²) in [4.78, 5) is 19.0. The van der Waals surface area contributed by atoms with E-state index in [0.717, 1.165) is 35.3 Å². The molecule has 2 amide bonds. The first-order chi connectivity index (χ1) is 12.7. The van der Waals surface area contributed by atoms with Crippen LogP contribution in [0.1, 0.15) is 37.3 Å². The maximum atomic E-state index is 12.9. The standard InChI is InChI=1S/C21H23N3O2/c1-2-24(14-17-8-5-6-12-22-17)21(25)23-20(15-10-11-15)19-13-16-7-3-4-9-18(16)26-19/h3-9,12-13,15,20H,2,10-11,14H2,1H3,(H,23,25). The third-order valence-electron chi connectivity index (χ3n) is 4.87. The summed E-state index contributed by atoms with van der Waals surface area (Å²) in [5.74, 6) is 1.30. The van der Waals surface area contributed by atoms with Crippen LogP contribution in [-0.2, 0) is 6.54 Å². The van der Waals surface area contributed by atoms with Gasteiger partial charge in [-0.2, -0.15) is 0 Å². The molecule has 1 atom stereocenters. The van der Waals surface area contributed by atoms with Gasteiger partial charge in [0.25, 0.3) is 0 Å². The van der Waals surface area contributed by atoms with Crippen LogP contribution in [0.2, 0.25) is 0 Å². The summed E-state index contributed by atoms with van der Waals surface area (Å²) in [5, 5.41) is 4.27. The molecule has 1 unspecified atom stereocenters. The molecule has 26 heavy (non-hydrogen) atoms. The van der Waals surface area contributed by atoms with Crippen molar-refractivity contribution in [2.75, 3.05) is 6.54 Å². The lowest BCUT2D eigenvalue weighted by Crippen LogP contribution is -2.41. The van der Waals surface area contributed by atoms with Gasteiger partial charge < -0.3 is 14.6 Å². The molecule has 1 N–H and O–H groups in total. The van der Waals surface area contributed by atoms with Gasteiger partial charge >= 0.3 is 6.03 Å². The maximum Gasteiger partial charge on any atom is 0.318 e. The highest BCUT2D eigenvalue weighted by atomic mass is 16.3. The number of carbonyl (C=O) groups is 1. The van der Waals surface area contributed by atoms with Crippen molar-refractivity contribution in [3.8, 4) is 0 Å². The predicted molar refractivity (Wildman–Crippen MR) is 101 cm³/mol. The summed E-state index contributed by atoms with van der Waals surface area (Å²) < 4.78 is 6.02. The molecule has 1 aliphatic carbocycles. The van der Waals surface area contributed by atoms with Gasteiger partial charge in [-0.1, -0.05) is 24.3 Å². The quantitative estimate of drug-likeness (QED) is 0.712. The Kier molecular flexibility index (Phi) is 4.61. The minimum absolute atomic E-state index is 0.0736. The van der Waals surface area contributed by atoms with Crippen LogP contribution in [-0.4, -0.2) is 22.5 Å². The van der Waals surface area contributed by atoms with Crippen LogP contribution in [0.5, 0.6) is 0 Å². The fourth-order valence-corrected chi connectivity index (χ4v) is 3.25. The number of nitrogens with zero attached hydrogens (tertiary/aromatic N) is 2. The predicted octanol–water partition coefficient (Wildman–Crippen LogP) is 4.51. The molecule has 4 rings (SSSR count). The second kappa shape index (κ2) is 7.20. The number of pyridine rings is 1. The zero-order valence-electron chi connectivity index (χ0n) is 14.9. The van der Waals surface area contributed by atoms with Gasteiger partial charge in [-0.25, -0.2) is 4.79 Å². The van der Waals surface area contributed by atoms with Crippen molar-refractivity contribution in [1.82, 2.24) is 15.2 Å². The van der Waals surface area contributed by atoms with Gasteiger partial charge in [-0.15, -0.1) is 0 Å². The van der Waals surface area contributed by atoms with Gasteiger partial charge in [-0.05, 0) is 49.9 Å². The van der Waals surface area contributed by atoms with Crippen LogP contribution in [0.4, 0.5) is 4.79 Å². The highest BCUT2D eigenvalue weighted by molar-refractivity contribution is 5.78. The van der Waals surface area contributed by atoms with Gasteiger partial charge in [0.05, 0.1) is 18.3 Å². The van der Waals surface area contributed by atoms with Gasteiger partial charge in [0.1, 0.15) is 11.3 Å². The van der Waals surface area contributed by atoms with E-state index in [4.69, 9.17) is 4.42 Å². The zero-order valence-corrected chi connectivity index (χ0v) is 14.9. The van der Waals surface area contributed by atoms with Gasteiger partial charge in [-0.3, -0.25) is 4.98 Å². The van der Waals surface area contributed by atoms with Gasteiger partial charge in [0, 0.05) is 18.1 Å². The molecule has 0 bridgehead atoms. The summed E-state index contributed by atoms with van der Waals surface area (Å²) in [6.07, 6.45) is 3.99. The van der Waals surface area contributed by atoms with Crippen molar-refractivity contribution in [3.63, 3.8) is 0 Å². The first kappa shape index (κ1) is 16.6. The van der Waals surface area contributed by atoms with Crippen LogP contribution in [0.3, 0.4) is 0 Å². The van der Waals surface area contributed by atoms with E-state index >= 15 is 0 Å². The van der Waals surface area contributed by atoms with Crippen molar-refractivity contribution in [1.29, 1.82) is 0 Å². The van der Waals surface area contributed by atoms with E-state index in [1.54, 1.807) is 11.1 Å². The molecular formula is C21H23N3O2. The van der Waals surface area contributed by atoms with Crippen LogP contribution < -0.4 is 5.32 Å². The van der Waals surface area contributed by atoms with Crippen LogP contribution in [0.15, 0.2) is 59.1 Å². The van der Waals surface area contributed by atoms with Crippen molar-refractivity contribution in [2.24, 2.45) is 5.92 Å². The number of furan rings is 1. The molecule has 5 heteroatoms. The summed E-state index contributed by atoms with van der Waals surface area (Å²) in [5.41, 5.74) is 1.75. The number of nitrogens with one attached hydrogen (secondary N) is 1. The maximum absolute atomic E-state index is 12.9. The lowest BCUT2D eigenvalue weighted by Gasteiger charge is -2.24. The number of fused-ring (bicyclic) bond motifs is 1. The van der Waals surface area contributed by atoms with E-state index < -0.39 is 0 Å². The molecular weight excluding hydrogens is 326 g/mol. The van der Waals surface area contributed by atoms with Gasteiger partial charge in [0.15, 0.2) is 0 Å². The third kappa shape index (κ3) is 3.57. The van der Waals surface area contributed by atoms with Crippen molar-refractivity contribution >= 4 is 17.0 Å². The highest BCUT2D eigenvalue weighted by Gasteiger charge is 2.36. The largest absolute Gasteiger partial charge is 0.459 e. The second-order valence-electron chi connectivity index (χ2n) is 6.79. The fourth-order valence-electron chi connectivity index (χ4n) is 3.25. The Hall–Kier alpha value is -2.82. The van der Waals surface area contributed by atoms with E-state index in [1.807, 2.05) is 55.5 Å². The van der Waals surface area contributed by atoms with Crippen molar-refractivity contribution < 1.29 is 9.21 Å². The van der Waals surface area contributed by atoms with Gasteiger partial charge in [0.2, 0.25) is 0 Å². The van der Waals surface area contributed by atoms with E-state index in [0.29, 0.717) is 19.0 Å². The zero-order chi connectivity index (χ0) is 17.9. The van der Waals surface area contributed by atoms with Crippen LogP contribution in [0.25, 0.3) is 11.0 Å². The summed E-state index contributed by atoms with van der Waals surface area (Å²) in [7, 11) is 0. The second-order valence-corrected chi connectivity index (χ2v) is 6.79. The normalized spacial score (nSPS) is 15.0. The first-order valence-electron chi connectivity index (χ1n) is 9.18. The Morgan fingerprint density at radius 2 is 2.08 bits per heavy atom. The van der Waals surface area contributed by atoms with Crippen LogP contribution in [0, 0.1) is 5.92 Å². The first-order valence-corrected chi connectivity index (χ1v) is 9.18. The molecule has 0 saturated heterocycles. The highest BCUT2D eigenvalue weighted by Crippen LogP contribution is 2.42. The Morgan fingerprint density at radius 3 is 2.77 bits per heavy atom. The summed E-state index contributed by atoms with van der Waals surface area (Å²) >= 11 is 0. The molecule has 0 aliphatic heterocycles. The number of aromatic nitrogens is 1. The molecule has 1 aromatic carbocycles. The Balaban J connectivity index is 1.51. The number of amides is 2. The average molecular weight is 349 g/mol. The lowest BCUT2D eigenvalue weighted by molar-refractivity contribution is 0.189. The van der Waals surface area contributed by atoms with E-state index in [2.05, 4.69) is 10.3 Å². The number of benzene rings is 1. The van der Waals surface area contributed by atoms with Crippen molar-refractivity contribution in [2.45, 2.75) is 32.4 Å². The molecule has 2 heterocycles. The van der Waals surface area contributed by atoms with Crippen molar-refractivity contribution in [3.05, 3.63) is 66.2 Å². The number of rotatable bonds is 6. The molecule has 5 nitrogen and oxygen atoms in total. The fraction of sp³-hybridized carbons (Fsp3) is 0.333. The average Bonchev–Trinajstić information content (AvgIpc) is 3.42. The smallest absolute Gasteiger partial charge is 0.318 e. The molecule has 134 valence electrons. The molecule has 1 saturated carbocycles. The number of hydrogen-bond donors (Lipinski definition) is 1. The van der Waals surface area contributed by atoms with E-state index in [9.17, 15) is 4.79 Å². The van der Waals surface area contributed by atoms with Crippen LogP contribution >= 0.6 is 0 Å². The summed E-state index contributed by atoms with van der Waals surface area (Å²) in [6.45, 7) is 3.11. The van der Waals surface area contributed by atoms with E-state index in [-0.39, 0.29) is 12.1 Å². The Morgan fingerprint density at radius 1 is 1.27 bits per heavy atom. The molecule has 0 radical (unpaired) electrons. The van der Waals surface area contributed by atoms with E-state index in [1.165, 1.54) is 0 Å². The molecule has 0 spiro atoms. The third-order valence-corrected chi connectivity index (χ3v) is 4.87. The molecule has 1 aliphatic rings. The minimum atomic E-state index is -0.0762. The molecule has 3 aromatic rings. The number of para-hydroxylation sites is 1. The molecule has 1 fully saturated rings. The summed E-state index contributed by atoms with van der Waals surface area (Å²) in [6, 6.07) is 15.6. The Labute approximate surface area is 153 Å². The lowest BCUT2D eigenvalue weighted by atomic mass is 10.1. The minimum Gasteiger partial charge on any atom is -0.459 e. The number of carbonyl (C=O) groups excluding carboxylic acids is 1. The number of urea groups is 1. The monoisotopic (exact) mass is 349 g/mol. The SMILES string of the molecule is CCN(Cc1ccccn1)C(=O)NC(c1cc2ccccc2o1)C1CC1.